The molecule has 3 N–H and O–H groups in total. The first-order valence-corrected chi connectivity index (χ1v) is 7.45. The average Bonchev–Trinajstić information content (AvgIpc) is 2.93. The molecule has 2 rings (SSSR count). The van der Waals surface area contributed by atoms with Crippen molar-refractivity contribution in [3.63, 3.8) is 0 Å². The highest BCUT2D eigenvalue weighted by molar-refractivity contribution is 5.74. The quantitative estimate of drug-likeness (QED) is 0.743. The predicted octanol–water partition coefficient (Wildman–Crippen LogP) is 0.887. The number of furan rings is 1. The summed E-state index contributed by atoms with van der Waals surface area (Å²) in [5.41, 5.74) is 5.29. The van der Waals surface area contributed by atoms with Crippen LogP contribution in [0.15, 0.2) is 22.8 Å². The van der Waals surface area contributed by atoms with E-state index in [-0.39, 0.29) is 18.6 Å². The summed E-state index contributed by atoms with van der Waals surface area (Å²) in [6, 6.07) is 3.79. The average molecular weight is 296 g/mol. The lowest BCUT2D eigenvalue weighted by Gasteiger charge is -2.36. The lowest BCUT2D eigenvalue weighted by Crippen LogP contribution is -2.46. The number of amides is 1. The van der Waals surface area contributed by atoms with Crippen LogP contribution in [-0.2, 0) is 16.1 Å². The maximum absolute atomic E-state index is 11.1. The van der Waals surface area contributed by atoms with Crippen LogP contribution in [0.25, 0.3) is 0 Å². The van der Waals surface area contributed by atoms with Gasteiger partial charge in [-0.25, -0.2) is 0 Å². The second kappa shape index (κ2) is 8.17. The minimum absolute atomic E-state index is 0.149. The molecule has 2 heterocycles. The summed E-state index contributed by atoms with van der Waals surface area (Å²) in [7, 11) is 0. The third-order valence-electron chi connectivity index (χ3n) is 3.77. The zero-order valence-corrected chi connectivity index (χ0v) is 12.2. The minimum atomic E-state index is -0.576. The van der Waals surface area contributed by atoms with E-state index >= 15 is 0 Å². The van der Waals surface area contributed by atoms with Gasteiger partial charge in [-0.05, 0) is 31.5 Å². The van der Waals surface area contributed by atoms with Crippen molar-refractivity contribution in [1.29, 1.82) is 0 Å². The zero-order valence-electron chi connectivity index (χ0n) is 12.2. The molecule has 21 heavy (non-hydrogen) atoms. The van der Waals surface area contributed by atoms with Gasteiger partial charge in [-0.1, -0.05) is 6.42 Å². The lowest BCUT2D eigenvalue weighted by molar-refractivity contribution is -0.119. The fraction of sp³-hybridized carbons (Fsp3) is 0.667. The van der Waals surface area contributed by atoms with Crippen LogP contribution >= 0.6 is 0 Å². The molecule has 0 saturated carbocycles. The van der Waals surface area contributed by atoms with E-state index < -0.39 is 6.10 Å². The Morgan fingerprint density at radius 3 is 3.14 bits per heavy atom. The van der Waals surface area contributed by atoms with Crippen LogP contribution in [0.2, 0.25) is 0 Å². The number of β-amino-alcohol motifs (C(OH)–C–C–N with tert-alkyl or cyclic N) is 1. The highest BCUT2D eigenvalue weighted by Crippen LogP contribution is 2.19. The van der Waals surface area contributed by atoms with E-state index in [0.717, 1.165) is 31.6 Å². The van der Waals surface area contributed by atoms with Gasteiger partial charge < -0.3 is 20.0 Å². The molecule has 0 aliphatic carbocycles. The van der Waals surface area contributed by atoms with Crippen molar-refractivity contribution in [2.24, 2.45) is 5.73 Å². The summed E-state index contributed by atoms with van der Waals surface area (Å²) in [5, 5.41) is 10.1. The monoisotopic (exact) mass is 296 g/mol. The molecular formula is C15H24N2O4. The highest BCUT2D eigenvalue weighted by atomic mass is 16.5. The summed E-state index contributed by atoms with van der Waals surface area (Å²) < 4.78 is 10.6. The van der Waals surface area contributed by atoms with Gasteiger partial charge in [-0.15, -0.1) is 0 Å². The van der Waals surface area contributed by atoms with Crippen LogP contribution < -0.4 is 5.73 Å². The number of aliphatic hydroxyl groups is 1. The Morgan fingerprint density at radius 1 is 1.57 bits per heavy atom. The molecule has 0 aromatic carbocycles. The Balaban J connectivity index is 1.71. The molecule has 6 heteroatoms. The van der Waals surface area contributed by atoms with E-state index in [9.17, 15) is 9.90 Å². The maximum Gasteiger partial charge on any atom is 0.218 e. The minimum Gasteiger partial charge on any atom is -0.467 e. The van der Waals surface area contributed by atoms with Gasteiger partial charge in [0, 0.05) is 19.0 Å². The Bertz CT molecular complexity index is 421. The van der Waals surface area contributed by atoms with Crippen molar-refractivity contribution in [2.75, 3.05) is 19.7 Å². The number of nitrogens with zero attached hydrogens (tertiary/aromatic N) is 1. The molecule has 2 unspecified atom stereocenters. The number of carbonyl (C=O) groups excluding carboxylic acids is 1. The Morgan fingerprint density at radius 2 is 2.43 bits per heavy atom. The molecule has 1 aromatic heterocycles. The molecule has 1 saturated heterocycles. The largest absolute Gasteiger partial charge is 0.467 e. The summed E-state index contributed by atoms with van der Waals surface area (Å²) in [6.45, 7) is 2.01. The van der Waals surface area contributed by atoms with Crippen molar-refractivity contribution in [3.05, 3.63) is 24.2 Å². The van der Waals surface area contributed by atoms with Crippen LogP contribution in [-0.4, -0.2) is 47.8 Å². The van der Waals surface area contributed by atoms with E-state index in [1.807, 2.05) is 6.07 Å². The second-order valence-corrected chi connectivity index (χ2v) is 5.56. The first-order chi connectivity index (χ1) is 10.1. The molecule has 1 fully saturated rings. The summed E-state index contributed by atoms with van der Waals surface area (Å²) in [5.74, 6) is 0.460. The van der Waals surface area contributed by atoms with Gasteiger partial charge in [-0.2, -0.15) is 0 Å². The van der Waals surface area contributed by atoms with Crippen molar-refractivity contribution in [2.45, 2.75) is 44.4 Å². The number of hydrogen-bond donors (Lipinski definition) is 2. The number of carbonyl (C=O) groups is 1. The smallest absolute Gasteiger partial charge is 0.218 e. The van der Waals surface area contributed by atoms with Gasteiger partial charge in [-0.3, -0.25) is 9.69 Å². The summed E-state index contributed by atoms with van der Waals surface area (Å²) >= 11 is 0. The van der Waals surface area contributed by atoms with Gasteiger partial charge in [0.2, 0.25) is 5.91 Å². The number of primary amides is 1. The van der Waals surface area contributed by atoms with Crippen molar-refractivity contribution in [1.82, 2.24) is 4.90 Å². The molecule has 0 radical (unpaired) electrons. The third-order valence-corrected chi connectivity index (χ3v) is 3.77. The molecule has 1 amide bonds. The Labute approximate surface area is 124 Å². The number of rotatable bonds is 8. The van der Waals surface area contributed by atoms with Gasteiger partial charge in [0.15, 0.2) is 0 Å². The fourth-order valence-electron chi connectivity index (χ4n) is 2.78. The molecule has 6 nitrogen and oxygen atoms in total. The molecule has 0 bridgehead atoms. The number of likely N-dealkylation sites (tertiary alicyclic amines) is 1. The second-order valence-electron chi connectivity index (χ2n) is 5.56. The molecule has 0 spiro atoms. The van der Waals surface area contributed by atoms with E-state index in [4.69, 9.17) is 14.9 Å². The fourth-order valence-corrected chi connectivity index (χ4v) is 2.78. The molecule has 1 aliphatic heterocycles. The number of piperidine rings is 1. The van der Waals surface area contributed by atoms with Crippen molar-refractivity contribution >= 4 is 5.91 Å². The number of ether oxygens (including phenoxy) is 1. The predicted molar refractivity (Wildman–Crippen MR) is 77.4 cm³/mol. The summed E-state index contributed by atoms with van der Waals surface area (Å²) in [4.78, 5) is 13.2. The normalized spacial score (nSPS) is 21.3. The highest BCUT2D eigenvalue weighted by Gasteiger charge is 2.25. The molecule has 2 atom stereocenters. The standard InChI is InChI=1S/C15H24N2O4/c16-15(19)8-12-4-1-2-6-17(12)9-13(18)10-20-11-14-5-3-7-21-14/h3,5,7,12-13,18H,1-2,4,6,8-11H2,(H2,16,19). The van der Waals surface area contributed by atoms with E-state index in [1.54, 1.807) is 12.3 Å². The van der Waals surface area contributed by atoms with Gasteiger partial charge >= 0.3 is 0 Å². The van der Waals surface area contributed by atoms with Crippen molar-refractivity contribution in [3.8, 4) is 0 Å². The van der Waals surface area contributed by atoms with E-state index in [1.165, 1.54) is 0 Å². The topological polar surface area (TPSA) is 88.9 Å². The molecule has 118 valence electrons. The molecule has 1 aromatic rings. The van der Waals surface area contributed by atoms with Crippen LogP contribution in [0, 0.1) is 0 Å². The van der Waals surface area contributed by atoms with Gasteiger partial charge in [0.1, 0.15) is 12.4 Å². The van der Waals surface area contributed by atoms with E-state index in [2.05, 4.69) is 4.90 Å². The van der Waals surface area contributed by atoms with Crippen LogP contribution in [0.4, 0.5) is 0 Å². The lowest BCUT2D eigenvalue weighted by atomic mass is 9.98. The SMILES string of the molecule is NC(=O)CC1CCCCN1CC(O)COCc1ccco1. The number of nitrogens with two attached hydrogens (primary N) is 1. The maximum atomic E-state index is 11.1. The van der Waals surface area contributed by atoms with Crippen LogP contribution in [0.5, 0.6) is 0 Å². The van der Waals surface area contributed by atoms with Crippen LogP contribution in [0.1, 0.15) is 31.4 Å². The molecule has 1 aliphatic rings. The molecular weight excluding hydrogens is 272 g/mol. The zero-order chi connectivity index (χ0) is 15.1. The Kier molecular flexibility index (Phi) is 6.22. The number of hydrogen-bond acceptors (Lipinski definition) is 5. The number of aliphatic hydroxyl groups excluding tert-OH is 1. The first kappa shape index (κ1) is 16.0. The van der Waals surface area contributed by atoms with Gasteiger partial charge in [0.05, 0.1) is 19.0 Å². The first-order valence-electron chi connectivity index (χ1n) is 7.45. The van der Waals surface area contributed by atoms with E-state index in [0.29, 0.717) is 19.6 Å². The van der Waals surface area contributed by atoms with Crippen LogP contribution in [0.3, 0.4) is 0 Å². The van der Waals surface area contributed by atoms with Crippen molar-refractivity contribution < 1.29 is 19.1 Å². The van der Waals surface area contributed by atoms with Gasteiger partial charge in [0.25, 0.3) is 0 Å². The summed E-state index contributed by atoms with van der Waals surface area (Å²) in [6.07, 6.45) is 4.54. The third kappa shape index (κ3) is 5.49. The Hall–Kier alpha value is -1.37.